The van der Waals surface area contributed by atoms with Crippen LogP contribution >= 0.6 is 0 Å². The third-order valence-corrected chi connectivity index (χ3v) is 8.63. The predicted molar refractivity (Wildman–Crippen MR) is 99.6 cm³/mol. The van der Waals surface area contributed by atoms with Gasteiger partial charge in [-0.3, -0.25) is 0 Å². The summed E-state index contributed by atoms with van der Waals surface area (Å²) in [7, 11) is 0. The SMILES string of the molecule is CC.CC(O)C1CCC2C1CCC1C2CCC2CC(O)CCC21C. The zero-order chi connectivity index (χ0) is 17.5. The smallest absolute Gasteiger partial charge is 0.0543 e. The summed E-state index contributed by atoms with van der Waals surface area (Å²) in [6.07, 6.45) is 11.3. The molecule has 4 rings (SSSR count). The van der Waals surface area contributed by atoms with Gasteiger partial charge in [-0.2, -0.15) is 0 Å². The molecule has 2 nitrogen and oxygen atoms in total. The summed E-state index contributed by atoms with van der Waals surface area (Å²) in [6.45, 7) is 8.57. The Morgan fingerprint density at radius 1 is 0.875 bits per heavy atom. The van der Waals surface area contributed by atoms with Crippen molar-refractivity contribution in [2.24, 2.45) is 40.9 Å². The molecule has 2 heteroatoms. The van der Waals surface area contributed by atoms with Crippen molar-refractivity contribution < 1.29 is 10.2 Å². The Hall–Kier alpha value is -0.0800. The van der Waals surface area contributed by atoms with Gasteiger partial charge >= 0.3 is 0 Å². The van der Waals surface area contributed by atoms with Gasteiger partial charge in [-0.1, -0.05) is 20.8 Å². The predicted octanol–water partition coefficient (Wildman–Crippen LogP) is 5.02. The lowest BCUT2D eigenvalue weighted by Crippen LogP contribution is -2.52. The van der Waals surface area contributed by atoms with E-state index in [1.165, 1.54) is 44.9 Å². The van der Waals surface area contributed by atoms with Crippen molar-refractivity contribution in [3.8, 4) is 0 Å². The van der Waals surface area contributed by atoms with Gasteiger partial charge in [0.25, 0.3) is 0 Å². The van der Waals surface area contributed by atoms with Gasteiger partial charge in [0, 0.05) is 0 Å². The second-order valence-electron chi connectivity index (χ2n) is 9.37. The summed E-state index contributed by atoms with van der Waals surface area (Å²) in [4.78, 5) is 0. The highest BCUT2D eigenvalue weighted by Gasteiger charge is 2.56. The third-order valence-electron chi connectivity index (χ3n) is 8.63. The maximum absolute atomic E-state index is 10.1. The molecule has 0 aromatic carbocycles. The molecular formula is C22H40O2. The van der Waals surface area contributed by atoms with Crippen molar-refractivity contribution in [1.29, 1.82) is 0 Å². The highest BCUT2D eigenvalue weighted by molar-refractivity contribution is 5.06. The molecule has 0 aliphatic heterocycles. The molecule has 0 amide bonds. The van der Waals surface area contributed by atoms with Gasteiger partial charge in [0.1, 0.15) is 0 Å². The van der Waals surface area contributed by atoms with Crippen LogP contribution in [-0.4, -0.2) is 22.4 Å². The van der Waals surface area contributed by atoms with Crippen LogP contribution in [-0.2, 0) is 0 Å². The molecule has 0 radical (unpaired) electrons. The van der Waals surface area contributed by atoms with Crippen molar-refractivity contribution in [2.75, 3.05) is 0 Å². The molecule has 140 valence electrons. The summed E-state index contributed by atoms with van der Waals surface area (Å²) >= 11 is 0. The topological polar surface area (TPSA) is 40.5 Å². The molecule has 0 saturated heterocycles. The first-order valence-electron chi connectivity index (χ1n) is 10.9. The van der Waals surface area contributed by atoms with E-state index in [4.69, 9.17) is 0 Å². The van der Waals surface area contributed by atoms with E-state index >= 15 is 0 Å². The number of rotatable bonds is 1. The number of aliphatic hydroxyl groups excluding tert-OH is 2. The van der Waals surface area contributed by atoms with E-state index in [0.717, 1.165) is 42.4 Å². The van der Waals surface area contributed by atoms with Gasteiger partial charge in [-0.15, -0.1) is 0 Å². The van der Waals surface area contributed by atoms with Crippen molar-refractivity contribution >= 4 is 0 Å². The fourth-order valence-electron chi connectivity index (χ4n) is 7.53. The minimum atomic E-state index is -0.108. The molecule has 24 heavy (non-hydrogen) atoms. The van der Waals surface area contributed by atoms with Gasteiger partial charge in [-0.05, 0) is 106 Å². The van der Waals surface area contributed by atoms with E-state index in [1.54, 1.807) is 0 Å². The number of fused-ring (bicyclic) bond motifs is 5. The molecule has 4 fully saturated rings. The summed E-state index contributed by atoms with van der Waals surface area (Å²) in [6, 6.07) is 0. The highest BCUT2D eigenvalue weighted by atomic mass is 16.3. The number of aliphatic hydroxyl groups is 2. The van der Waals surface area contributed by atoms with E-state index in [2.05, 4.69) is 6.92 Å². The van der Waals surface area contributed by atoms with E-state index in [-0.39, 0.29) is 12.2 Å². The first-order valence-corrected chi connectivity index (χ1v) is 10.9. The van der Waals surface area contributed by atoms with Crippen LogP contribution < -0.4 is 0 Å². The molecule has 0 spiro atoms. The van der Waals surface area contributed by atoms with Crippen molar-refractivity contribution in [2.45, 2.75) is 97.7 Å². The lowest BCUT2D eigenvalue weighted by Gasteiger charge is -2.59. The Morgan fingerprint density at radius 3 is 2.25 bits per heavy atom. The molecule has 9 atom stereocenters. The largest absolute Gasteiger partial charge is 0.393 e. The molecule has 0 bridgehead atoms. The maximum Gasteiger partial charge on any atom is 0.0543 e. The summed E-state index contributed by atoms with van der Waals surface area (Å²) in [5.74, 6) is 4.85. The average molecular weight is 337 g/mol. The summed E-state index contributed by atoms with van der Waals surface area (Å²) in [5, 5.41) is 20.2. The van der Waals surface area contributed by atoms with Crippen LogP contribution in [0.25, 0.3) is 0 Å². The van der Waals surface area contributed by atoms with Crippen LogP contribution in [0.4, 0.5) is 0 Å². The summed E-state index contributed by atoms with van der Waals surface area (Å²) < 4.78 is 0. The van der Waals surface area contributed by atoms with Crippen molar-refractivity contribution in [3.63, 3.8) is 0 Å². The zero-order valence-electron chi connectivity index (χ0n) is 16.4. The summed E-state index contributed by atoms with van der Waals surface area (Å²) in [5.41, 5.74) is 0.496. The van der Waals surface area contributed by atoms with E-state index in [1.807, 2.05) is 20.8 Å². The molecule has 0 heterocycles. The van der Waals surface area contributed by atoms with E-state index in [0.29, 0.717) is 11.3 Å². The molecular weight excluding hydrogens is 296 g/mol. The van der Waals surface area contributed by atoms with E-state index < -0.39 is 0 Å². The van der Waals surface area contributed by atoms with Crippen LogP contribution in [0.3, 0.4) is 0 Å². The molecule has 4 aliphatic carbocycles. The Balaban J connectivity index is 0.000000815. The molecule has 9 unspecified atom stereocenters. The van der Waals surface area contributed by atoms with Crippen LogP contribution in [0.2, 0.25) is 0 Å². The standard InChI is InChI=1S/C20H34O2.C2H6/c1-12(21)15-5-6-17-16(15)7-8-19-18(17)4-3-13-11-14(22)9-10-20(13,19)2;1-2/h12-19,21-22H,3-11H2,1-2H3;1-2H3. The lowest BCUT2D eigenvalue weighted by atomic mass is 9.47. The zero-order valence-corrected chi connectivity index (χ0v) is 16.4. The van der Waals surface area contributed by atoms with Gasteiger partial charge < -0.3 is 10.2 Å². The number of hydrogen-bond acceptors (Lipinski definition) is 2. The fourth-order valence-corrected chi connectivity index (χ4v) is 7.53. The average Bonchev–Trinajstić information content (AvgIpc) is 3.02. The van der Waals surface area contributed by atoms with Gasteiger partial charge in [0.15, 0.2) is 0 Å². The van der Waals surface area contributed by atoms with Gasteiger partial charge in [-0.25, -0.2) is 0 Å². The van der Waals surface area contributed by atoms with Crippen LogP contribution in [0.1, 0.15) is 85.5 Å². The number of hydrogen-bond donors (Lipinski definition) is 2. The van der Waals surface area contributed by atoms with Crippen LogP contribution in [0, 0.1) is 40.9 Å². The van der Waals surface area contributed by atoms with Gasteiger partial charge in [0.2, 0.25) is 0 Å². The lowest BCUT2D eigenvalue weighted by molar-refractivity contribution is -0.111. The van der Waals surface area contributed by atoms with Crippen molar-refractivity contribution in [3.05, 3.63) is 0 Å². The Morgan fingerprint density at radius 2 is 1.54 bits per heavy atom. The molecule has 4 aliphatic rings. The molecule has 0 aromatic rings. The highest BCUT2D eigenvalue weighted by Crippen LogP contribution is 2.64. The Kier molecular flexibility index (Phi) is 5.67. The van der Waals surface area contributed by atoms with E-state index in [9.17, 15) is 10.2 Å². The maximum atomic E-state index is 10.1. The quantitative estimate of drug-likeness (QED) is 0.705. The fraction of sp³-hybridized carbons (Fsp3) is 1.00. The minimum absolute atomic E-state index is 0.0305. The monoisotopic (exact) mass is 336 g/mol. The minimum Gasteiger partial charge on any atom is -0.393 e. The molecule has 2 N–H and O–H groups in total. The van der Waals surface area contributed by atoms with Crippen molar-refractivity contribution in [1.82, 2.24) is 0 Å². The second-order valence-corrected chi connectivity index (χ2v) is 9.37. The first kappa shape index (κ1) is 18.7. The molecule has 4 saturated carbocycles. The normalized spacial score (nSPS) is 51.5. The molecule has 0 aromatic heterocycles. The Bertz CT molecular complexity index is 420. The van der Waals surface area contributed by atoms with Crippen LogP contribution in [0.5, 0.6) is 0 Å². The van der Waals surface area contributed by atoms with Crippen LogP contribution in [0.15, 0.2) is 0 Å². The second kappa shape index (κ2) is 7.27. The Labute approximate surface area is 149 Å². The van der Waals surface area contributed by atoms with Gasteiger partial charge in [0.05, 0.1) is 12.2 Å². The third kappa shape index (κ3) is 2.96. The first-order chi connectivity index (χ1) is 11.5.